The maximum Gasteiger partial charge on any atom is 0.251 e. The van der Waals surface area contributed by atoms with E-state index in [9.17, 15) is 9.59 Å². The van der Waals surface area contributed by atoms with Crippen LogP contribution in [0.5, 0.6) is 5.75 Å². The van der Waals surface area contributed by atoms with Crippen molar-refractivity contribution in [2.45, 2.75) is 38.5 Å². The van der Waals surface area contributed by atoms with E-state index in [-0.39, 0.29) is 24.1 Å². The smallest absolute Gasteiger partial charge is 0.251 e. The number of carbonyl (C=O) groups excluding carboxylic acids is 2. The van der Waals surface area contributed by atoms with Gasteiger partial charge < -0.3 is 15.0 Å². The average Bonchev–Trinajstić information content (AvgIpc) is 2.93. The molecule has 4 aromatic rings. The fraction of sp³-hybridized carbons (Fsp3) is 0.226. The summed E-state index contributed by atoms with van der Waals surface area (Å²) in [6.45, 7) is 6.09. The summed E-state index contributed by atoms with van der Waals surface area (Å²) in [4.78, 5) is 38.3. The molecule has 3 aromatic carbocycles. The van der Waals surface area contributed by atoms with Crippen LogP contribution in [0.1, 0.15) is 34.1 Å². The molecule has 0 fully saturated rings. The van der Waals surface area contributed by atoms with E-state index < -0.39 is 6.04 Å². The zero-order chi connectivity index (χ0) is 27.8. The van der Waals surface area contributed by atoms with Crippen LogP contribution in [0.4, 0.5) is 5.69 Å². The van der Waals surface area contributed by atoms with Gasteiger partial charge in [0.25, 0.3) is 5.91 Å². The number of aryl methyl sites for hydroxylation is 3. The first kappa shape index (κ1) is 27.9. The monoisotopic (exact) mass is 540 g/mol. The first-order chi connectivity index (χ1) is 18.8. The molecule has 0 saturated carbocycles. The summed E-state index contributed by atoms with van der Waals surface area (Å²) < 4.78 is 5.24. The number of anilines is 1. The van der Waals surface area contributed by atoms with Crippen LogP contribution in [0, 0.1) is 20.8 Å². The molecular weight excluding hydrogens is 508 g/mol. The number of nitrogens with one attached hydrogen (secondary N) is 1. The number of amides is 2. The Bertz CT molecular complexity index is 1390. The Kier molecular flexibility index (Phi) is 9.33. The third-order valence-electron chi connectivity index (χ3n) is 6.11. The van der Waals surface area contributed by atoms with Gasteiger partial charge in [-0.3, -0.25) is 9.59 Å². The second-order valence-corrected chi connectivity index (χ2v) is 10.2. The van der Waals surface area contributed by atoms with E-state index >= 15 is 0 Å². The Labute approximate surface area is 233 Å². The number of methoxy groups -OCH3 is 1. The summed E-state index contributed by atoms with van der Waals surface area (Å²) in [6, 6.07) is 25.5. The van der Waals surface area contributed by atoms with Gasteiger partial charge in [0.05, 0.1) is 12.9 Å². The number of carbonyl (C=O) groups is 2. The normalized spacial score (nSPS) is 11.5. The van der Waals surface area contributed by atoms with E-state index in [0.29, 0.717) is 16.6 Å². The van der Waals surface area contributed by atoms with Crippen molar-refractivity contribution >= 4 is 29.3 Å². The van der Waals surface area contributed by atoms with Gasteiger partial charge in [-0.2, -0.15) is 0 Å². The van der Waals surface area contributed by atoms with Crippen molar-refractivity contribution in [3.05, 3.63) is 113 Å². The second kappa shape index (κ2) is 13.1. The van der Waals surface area contributed by atoms with Gasteiger partial charge in [0.1, 0.15) is 11.8 Å². The first-order valence-corrected chi connectivity index (χ1v) is 13.6. The van der Waals surface area contributed by atoms with Crippen molar-refractivity contribution in [1.29, 1.82) is 0 Å². The lowest BCUT2D eigenvalue weighted by Gasteiger charge is -2.31. The molecule has 2 amide bonds. The van der Waals surface area contributed by atoms with E-state index in [4.69, 9.17) is 4.74 Å². The molecule has 4 rings (SSSR count). The van der Waals surface area contributed by atoms with Crippen molar-refractivity contribution < 1.29 is 14.3 Å². The van der Waals surface area contributed by atoms with Crippen molar-refractivity contribution in [2.24, 2.45) is 0 Å². The minimum Gasteiger partial charge on any atom is -0.497 e. The lowest BCUT2D eigenvalue weighted by Crippen LogP contribution is -2.41. The van der Waals surface area contributed by atoms with Gasteiger partial charge in [0.15, 0.2) is 5.16 Å². The fourth-order valence-electron chi connectivity index (χ4n) is 4.17. The Morgan fingerprint density at radius 2 is 1.54 bits per heavy atom. The Balaban J connectivity index is 1.67. The summed E-state index contributed by atoms with van der Waals surface area (Å²) in [5.41, 5.74) is 5.07. The van der Waals surface area contributed by atoms with Gasteiger partial charge in [-0.05, 0) is 62.2 Å². The maximum atomic E-state index is 13.9. The zero-order valence-corrected chi connectivity index (χ0v) is 23.4. The van der Waals surface area contributed by atoms with E-state index in [0.717, 1.165) is 28.1 Å². The highest BCUT2D eigenvalue weighted by atomic mass is 32.2. The van der Waals surface area contributed by atoms with Gasteiger partial charge in [-0.25, -0.2) is 9.97 Å². The summed E-state index contributed by atoms with van der Waals surface area (Å²) >= 11 is 1.27. The molecule has 0 bridgehead atoms. The van der Waals surface area contributed by atoms with Gasteiger partial charge >= 0.3 is 0 Å². The molecule has 8 heteroatoms. The maximum absolute atomic E-state index is 13.9. The molecule has 1 atom stereocenters. The molecule has 7 nitrogen and oxygen atoms in total. The molecule has 1 heterocycles. The van der Waals surface area contributed by atoms with E-state index in [1.54, 1.807) is 36.3 Å². The summed E-state index contributed by atoms with van der Waals surface area (Å²) in [5, 5.41) is 3.53. The van der Waals surface area contributed by atoms with Gasteiger partial charge in [0, 0.05) is 23.6 Å². The Morgan fingerprint density at radius 1 is 0.897 bits per heavy atom. The predicted octanol–water partition coefficient (Wildman–Crippen LogP) is 5.91. The molecule has 200 valence electrons. The van der Waals surface area contributed by atoms with Gasteiger partial charge in [-0.15, -0.1) is 0 Å². The number of hydrogen-bond donors (Lipinski definition) is 1. The molecule has 1 N–H and O–H groups in total. The van der Waals surface area contributed by atoms with Crippen molar-refractivity contribution in [3.8, 4) is 5.75 Å². The molecule has 0 spiro atoms. The number of aromatic nitrogens is 2. The Morgan fingerprint density at radius 3 is 2.15 bits per heavy atom. The molecule has 1 unspecified atom stereocenters. The topological polar surface area (TPSA) is 84.4 Å². The Hall–Kier alpha value is -4.17. The molecule has 1 aromatic heterocycles. The average molecular weight is 541 g/mol. The SMILES string of the molecule is COc1ccc(NC(=O)C(c2ccccc2)N(Cc2ccc(C)cc2)C(=O)CSc2nc(C)cc(C)n2)cc1. The van der Waals surface area contributed by atoms with E-state index in [2.05, 4.69) is 15.3 Å². The molecule has 0 saturated heterocycles. The third kappa shape index (κ3) is 7.67. The summed E-state index contributed by atoms with van der Waals surface area (Å²) in [5.74, 6) is 0.282. The first-order valence-electron chi connectivity index (χ1n) is 12.6. The van der Waals surface area contributed by atoms with Gasteiger partial charge in [-0.1, -0.05) is 71.9 Å². The molecule has 0 aliphatic carbocycles. The summed E-state index contributed by atoms with van der Waals surface area (Å²) in [7, 11) is 1.59. The van der Waals surface area contributed by atoms with Crippen molar-refractivity contribution in [1.82, 2.24) is 14.9 Å². The predicted molar refractivity (Wildman–Crippen MR) is 155 cm³/mol. The van der Waals surface area contributed by atoms with Crippen LogP contribution < -0.4 is 10.1 Å². The lowest BCUT2D eigenvalue weighted by molar-refractivity contribution is -0.137. The highest BCUT2D eigenvalue weighted by Gasteiger charge is 2.32. The molecular formula is C31H32N4O3S. The van der Waals surface area contributed by atoms with Crippen LogP contribution in [0.2, 0.25) is 0 Å². The standard InChI is InChI=1S/C31H32N4O3S/c1-21-10-12-24(13-11-21)19-35(28(36)20-39-31-32-22(2)18-23(3)33-31)29(25-8-6-5-7-9-25)30(37)34-26-14-16-27(38-4)17-15-26/h5-18,29H,19-20H2,1-4H3,(H,34,37). The number of hydrogen-bond acceptors (Lipinski definition) is 6. The minimum atomic E-state index is -0.858. The number of rotatable bonds is 10. The number of thioether (sulfide) groups is 1. The summed E-state index contributed by atoms with van der Waals surface area (Å²) in [6.07, 6.45) is 0. The molecule has 0 aliphatic heterocycles. The van der Waals surface area contributed by atoms with Crippen molar-refractivity contribution in [3.63, 3.8) is 0 Å². The van der Waals surface area contributed by atoms with Crippen LogP contribution in [0.25, 0.3) is 0 Å². The van der Waals surface area contributed by atoms with Crippen molar-refractivity contribution in [2.75, 3.05) is 18.2 Å². The van der Waals surface area contributed by atoms with E-state index in [1.165, 1.54) is 11.8 Å². The number of benzene rings is 3. The molecule has 0 aliphatic rings. The van der Waals surface area contributed by atoms with E-state index in [1.807, 2.05) is 81.4 Å². The highest BCUT2D eigenvalue weighted by Crippen LogP contribution is 2.28. The molecule has 0 radical (unpaired) electrons. The van der Waals surface area contributed by atoms with Crippen LogP contribution >= 0.6 is 11.8 Å². The van der Waals surface area contributed by atoms with Crippen LogP contribution in [-0.2, 0) is 16.1 Å². The van der Waals surface area contributed by atoms with Crippen LogP contribution in [0.3, 0.4) is 0 Å². The minimum absolute atomic E-state index is 0.0912. The van der Waals surface area contributed by atoms with Crippen LogP contribution in [0.15, 0.2) is 90.1 Å². The van der Waals surface area contributed by atoms with Gasteiger partial charge in [0.2, 0.25) is 5.91 Å². The zero-order valence-electron chi connectivity index (χ0n) is 22.5. The highest BCUT2D eigenvalue weighted by molar-refractivity contribution is 7.99. The second-order valence-electron chi connectivity index (χ2n) is 9.26. The number of ether oxygens (including phenoxy) is 1. The third-order valence-corrected chi connectivity index (χ3v) is 6.95. The fourth-order valence-corrected chi connectivity index (χ4v) is 5.01. The lowest BCUT2D eigenvalue weighted by atomic mass is 10.0. The van der Waals surface area contributed by atoms with Crippen LogP contribution in [-0.4, -0.2) is 39.5 Å². The number of nitrogens with zero attached hydrogens (tertiary/aromatic N) is 3. The molecule has 39 heavy (non-hydrogen) atoms. The largest absolute Gasteiger partial charge is 0.497 e. The quantitative estimate of drug-likeness (QED) is 0.199.